The Morgan fingerprint density at radius 3 is 2.50 bits per heavy atom. The Kier molecular flexibility index (Phi) is 3.34. The molecule has 0 saturated carbocycles. The van der Waals surface area contributed by atoms with Crippen molar-refractivity contribution >= 4 is 0 Å². The second kappa shape index (κ2) is 4.78. The number of benzene rings is 1. The number of aryl methyl sites for hydroxylation is 1. The van der Waals surface area contributed by atoms with Crippen molar-refractivity contribution in [1.29, 1.82) is 0 Å². The Morgan fingerprint density at radius 2 is 2.00 bits per heavy atom. The third-order valence-electron chi connectivity index (χ3n) is 2.97. The van der Waals surface area contributed by atoms with E-state index in [1.807, 2.05) is 24.3 Å². The summed E-state index contributed by atoms with van der Waals surface area (Å²) in [5.74, 6) is 0.806. The van der Waals surface area contributed by atoms with E-state index >= 15 is 0 Å². The van der Waals surface area contributed by atoms with E-state index in [4.69, 9.17) is 4.74 Å². The van der Waals surface area contributed by atoms with Crippen LogP contribution < -0.4 is 4.74 Å². The smallest absolute Gasteiger partial charge is 0.118 e. The quantitative estimate of drug-likeness (QED) is 0.884. The summed E-state index contributed by atoms with van der Waals surface area (Å²) in [6.07, 6.45) is 2.09. The lowest BCUT2D eigenvalue weighted by Crippen LogP contribution is -2.27. The molecule has 1 atom stereocenters. The zero-order valence-electron chi connectivity index (χ0n) is 10.8. The van der Waals surface area contributed by atoms with Gasteiger partial charge in [-0.1, -0.05) is 17.3 Å². The first-order valence-corrected chi connectivity index (χ1v) is 5.73. The van der Waals surface area contributed by atoms with Crippen molar-refractivity contribution in [2.45, 2.75) is 18.9 Å². The molecule has 0 saturated heterocycles. The normalized spacial score (nSPS) is 14.2. The lowest BCUT2D eigenvalue weighted by molar-refractivity contribution is 0.0489. The van der Waals surface area contributed by atoms with Gasteiger partial charge in [0.25, 0.3) is 0 Å². The van der Waals surface area contributed by atoms with Crippen LogP contribution in [-0.4, -0.2) is 27.2 Å². The standard InChI is InChI=1S/C13H17N3O2/c1-13(17,12-9-14-15-16(12)2)8-10-4-6-11(18-3)7-5-10/h4-7,9,17H,8H2,1-3H3. The number of aromatic nitrogens is 3. The average molecular weight is 247 g/mol. The predicted octanol–water partition coefficient (Wildman–Crippen LogP) is 1.27. The highest BCUT2D eigenvalue weighted by molar-refractivity contribution is 5.28. The largest absolute Gasteiger partial charge is 0.497 e. The van der Waals surface area contributed by atoms with Crippen LogP contribution in [0.4, 0.5) is 0 Å². The van der Waals surface area contributed by atoms with E-state index in [0.717, 1.165) is 11.3 Å². The zero-order chi connectivity index (χ0) is 13.2. The molecule has 0 bridgehead atoms. The third kappa shape index (κ3) is 2.51. The van der Waals surface area contributed by atoms with Crippen LogP contribution in [0.3, 0.4) is 0 Å². The van der Waals surface area contributed by atoms with Gasteiger partial charge in [0.15, 0.2) is 0 Å². The van der Waals surface area contributed by atoms with Gasteiger partial charge in [0, 0.05) is 13.5 Å². The molecular weight excluding hydrogens is 230 g/mol. The molecule has 0 radical (unpaired) electrons. The topological polar surface area (TPSA) is 60.2 Å². The molecule has 1 unspecified atom stereocenters. The molecule has 1 aromatic carbocycles. The van der Waals surface area contributed by atoms with Crippen molar-refractivity contribution in [3.05, 3.63) is 41.7 Å². The minimum atomic E-state index is -0.993. The van der Waals surface area contributed by atoms with Crippen molar-refractivity contribution in [3.8, 4) is 5.75 Å². The molecule has 1 N–H and O–H groups in total. The van der Waals surface area contributed by atoms with E-state index in [2.05, 4.69) is 10.3 Å². The lowest BCUT2D eigenvalue weighted by atomic mass is 9.93. The Bertz CT molecular complexity index is 517. The fourth-order valence-corrected chi connectivity index (χ4v) is 2.01. The number of hydrogen-bond acceptors (Lipinski definition) is 4. The minimum Gasteiger partial charge on any atom is -0.497 e. The fraction of sp³-hybridized carbons (Fsp3) is 0.385. The van der Waals surface area contributed by atoms with Crippen molar-refractivity contribution in [2.24, 2.45) is 7.05 Å². The monoisotopic (exact) mass is 247 g/mol. The van der Waals surface area contributed by atoms with Crippen molar-refractivity contribution < 1.29 is 9.84 Å². The molecule has 0 spiro atoms. The number of ether oxygens (including phenoxy) is 1. The molecule has 2 rings (SSSR count). The van der Waals surface area contributed by atoms with E-state index in [-0.39, 0.29) is 0 Å². The number of hydrogen-bond donors (Lipinski definition) is 1. The molecule has 96 valence electrons. The van der Waals surface area contributed by atoms with Crippen molar-refractivity contribution in [1.82, 2.24) is 15.0 Å². The number of aliphatic hydroxyl groups is 1. The Hall–Kier alpha value is -1.88. The highest BCUT2D eigenvalue weighted by atomic mass is 16.5. The lowest BCUT2D eigenvalue weighted by Gasteiger charge is -2.22. The summed E-state index contributed by atoms with van der Waals surface area (Å²) in [7, 11) is 3.40. The summed E-state index contributed by atoms with van der Waals surface area (Å²) in [5, 5.41) is 18.1. The van der Waals surface area contributed by atoms with Crippen LogP contribution in [0.5, 0.6) is 5.75 Å². The van der Waals surface area contributed by atoms with E-state index < -0.39 is 5.60 Å². The first kappa shape index (κ1) is 12.6. The highest BCUT2D eigenvalue weighted by Crippen LogP contribution is 2.24. The second-order valence-electron chi connectivity index (χ2n) is 4.54. The number of nitrogens with zero attached hydrogens (tertiary/aromatic N) is 3. The molecule has 0 fully saturated rings. The molecule has 18 heavy (non-hydrogen) atoms. The molecule has 5 heteroatoms. The Labute approximate surface area is 106 Å². The van der Waals surface area contributed by atoms with E-state index in [1.165, 1.54) is 0 Å². The van der Waals surface area contributed by atoms with Gasteiger partial charge in [0.1, 0.15) is 11.4 Å². The van der Waals surface area contributed by atoms with Crippen molar-refractivity contribution in [3.63, 3.8) is 0 Å². The summed E-state index contributed by atoms with van der Waals surface area (Å²) >= 11 is 0. The van der Waals surface area contributed by atoms with Crippen LogP contribution in [0.25, 0.3) is 0 Å². The Morgan fingerprint density at radius 1 is 1.33 bits per heavy atom. The fourth-order valence-electron chi connectivity index (χ4n) is 2.01. The molecule has 0 aliphatic carbocycles. The van der Waals surface area contributed by atoms with E-state index in [9.17, 15) is 5.11 Å². The average Bonchev–Trinajstić information content (AvgIpc) is 2.77. The van der Waals surface area contributed by atoms with Crippen molar-refractivity contribution in [2.75, 3.05) is 7.11 Å². The summed E-state index contributed by atoms with van der Waals surface area (Å²) in [6, 6.07) is 7.65. The van der Waals surface area contributed by atoms with Gasteiger partial charge in [-0.15, -0.1) is 5.10 Å². The zero-order valence-corrected chi connectivity index (χ0v) is 10.8. The van der Waals surface area contributed by atoms with Crippen LogP contribution in [0.15, 0.2) is 30.5 Å². The van der Waals surface area contributed by atoms with Gasteiger partial charge in [0.2, 0.25) is 0 Å². The highest BCUT2D eigenvalue weighted by Gasteiger charge is 2.27. The minimum absolute atomic E-state index is 0.498. The molecule has 1 aromatic heterocycles. The van der Waals surface area contributed by atoms with Gasteiger partial charge < -0.3 is 9.84 Å². The van der Waals surface area contributed by atoms with Crippen LogP contribution in [-0.2, 0) is 19.1 Å². The molecule has 0 aliphatic rings. The van der Waals surface area contributed by atoms with E-state index in [0.29, 0.717) is 12.1 Å². The molecule has 2 aromatic rings. The molecule has 0 aliphatic heterocycles. The first-order chi connectivity index (χ1) is 8.53. The van der Waals surface area contributed by atoms with Gasteiger partial charge in [-0.3, -0.25) is 0 Å². The molecule has 1 heterocycles. The maximum Gasteiger partial charge on any atom is 0.118 e. The third-order valence-corrected chi connectivity index (χ3v) is 2.97. The Balaban J connectivity index is 2.19. The van der Waals surface area contributed by atoms with Gasteiger partial charge in [-0.25, -0.2) is 4.68 Å². The van der Waals surface area contributed by atoms with Crippen LogP contribution in [0, 0.1) is 0 Å². The maximum atomic E-state index is 10.5. The first-order valence-electron chi connectivity index (χ1n) is 5.73. The van der Waals surface area contributed by atoms with Crippen LogP contribution in [0.1, 0.15) is 18.2 Å². The molecule has 0 amide bonds. The summed E-state index contributed by atoms with van der Waals surface area (Å²) < 4.78 is 6.69. The molecule has 5 nitrogen and oxygen atoms in total. The number of rotatable bonds is 4. The van der Waals surface area contributed by atoms with Crippen LogP contribution >= 0.6 is 0 Å². The summed E-state index contributed by atoms with van der Waals surface area (Å²) in [4.78, 5) is 0. The van der Waals surface area contributed by atoms with Gasteiger partial charge in [0.05, 0.1) is 19.0 Å². The maximum absolute atomic E-state index is 10.5. The van der Waals surface area contributed by atoms with Gasteiger partial charge >= 0.3 is 0 Å². The van der Waals surface area contributed by atoms with Gasteiger partial charge in [-0.2, -0.15) is 0 Å². The van der Waals surface area contributed by atoms with Crippen LogP contribution in [0.2, 0.25) is 0 Å². The predicted molar refractivity (Wildman–Crippen MR) is 67.3 cm³/mol. The van der Waals surface area contributed by atoms with Gasteiger partial charge in [-0.05, 0) is 24.6 Å². The van der Waals surface area contributed by atoms with E-state index in [1.54, 1.807) is 32.0 Å². The summed E-state index contributed by atoms with van der Waals surface area (Å²) in [6.45, 7) is 1.76. The number of methoxy groups -OCH3 is 1. The SMILES string of the molecule is COc1ccc(CC(C)(O)c2cnnn2C)cc1. The second-order valence-corrected chi connectivity index (χ2v) is 4.54. The summed E-state index contributed by atoms with van der Waals surface area (Å²) in [5.41, 5.74) is 0.729. The molecular formula is C13H17N3O2.